The van der Waals surface area contributed by atoms with Crippen LogP contribution in [0.2, 0.25) is 5.28 Å². The van der Waals surface area contributed by atoms with Crippen LogP contribution in [-0.2, 0) is 0 Å². The zero-order chi connectivity index (χ0) is 9.97. The molecule has 0 aliphatic carbocycles. The zero-order valence-corrected chi connectivity index (χ0v) is 8.80. The first-order chi connectivity index (χ1) is 6.75. The van der Waals surface area contributed by atoms with Gasteiger partial charge in [0, 0.05) is 24.3 Å². The van der Waals surface area contributed by atoms with Gasteiger partial charge in [0.2, 0.25) is 5.28 Å². The Bertz CT molecular complexity index is 323. The number of aryl methyl sites for hydroxylation is 1. The molecule has 1 aromatic rings. The lowest BCUT2D eigenvalue weighted by molar-refractivity contribution is 0.785. The van der Waals surface area contributed by atoms with Crippen LogP contribution in [0.5, 0.6) is 0 Å². The summed E-state index contributed by atoms with van der Waals surface area (Å²) in [7, 11) is 0. The molecule has 0 bridgehead atoms. The number of nitrogens with zero attached hydrogens (tertiary/aromatic N) is 2. The van der Waals surface area contributed by atoms with Crippen molar-refractivity contribution in [1.29, 1.82) is 0 Å². The fraction of sp³-hybridized carbons (Fsp3) is 0.556. The highest BCUT2D eigenvalue weighted by Gasteiger charge is 2.15. The molecule has 0 aromatic carbocycles. The smallest absolute Gasteiger partial charge is 0.224 e. The van der Waals surface area contributed by atoms with E-state index in [4.69, 9.17) is 11.6 Å². The molecule has 2 rings (SSSR count). The summed E-state index contributed by atoms with van der Waals surface area (Å²) in [5.41, 5.74) is 1.03. The van der Waals surface area contributed by atoms with Crippen molar-refractivity contribution in [2.24, 2.45) is 0 Å². The first-order valence-electron chi connectivity index (χ1n) is 4.72. The van der Waals surface area contributed by atoms with Crippen LogP contribution >= 0.6 is 11.6 Å². The molecule has 1 aliphatic heterocycles. The SMILES string of the molecule is Cc1cnc(Cl)nc1NC1CCNC1. The van der Waals surface area contributed by atoms with E-state index in [0.717, 1.165) is 30.9 Å². The van der Waals surface area contributed by atoms with Gasteiger partial charge in [-0.25, -0.2) is 9.97 Å². The minimum Gasteiger partial charge on any atom is -0.366 e. The van der Waals surface area contributed by atoms with Crippen molar-refractivity contribution in [2.45, 2.75) is 19.4 Å². The summed E-state index contributed by atoms with van der Waals surface area (Å²) in [5.74, 6) is 0.846. The fourth-order valence-corrected chi connectivity index (χ4v) is 1.67. The molecule has 0 spiro atoms. The molecule has 4 nitrogen and oxygen atoms in total. The van der Waals surface area contributed by atoms with Crippen molar-refractivity contribution in [3.8, 4) is 0 Å². The number of anilines is 1. The standard InChI is InChI=1S/C9H13ClN4/c1-6-4-12-9(10)14-8(6)13-7-2-3-11-5-7/h4,7,11H,2-3,5H2,1H3,(H,12,13,14). The summed E-state index contributed by atoms with van der Waals surface area (Å²) in [6, 6.07) is 0.458. The Hall–Kier alpha value is -0.870. The van der Waals surface area contributed by atoms with Crippen LogP contribution in [0.3, 0.4) is 0 Å². The summed E-state index contributed by atoms with van der Waals surface area (Å²) < 4.78 is 0. The van der Waals surface area contributed by atoms with E-state index in [1.807, 2.05) is 6.92 Å². The summed E-state index contributed by atoms with van der Waals surface area (Å²) in [6.07, 6.45) is 2.86. The first kappa shape index (κ1) is 9.68. The molecule has 76 valence electrons. The molecule has 2 heterocycles. The van der Waals surface area contributed by atoms with E-state index < -0.39 is 0 Å². The Labute approximate surface area is 88.1 Å². The molecule has 2 N–H and O–H groups in total. The Balaban J connectivity index is 2.10. The summed E-state index contributed by atoms with van der Waals surface area (Å²) in [6.45, 7) is 4.03. The largest absolute Gasteiger partial charge is 0.366 e. The van der Waals surface area contributed by atoms with Gasteiger partial charge in [-0.2, -0.15) is 0 Å². The van der Waals surface area contributed by atoms with Gasteiger partial charge in [-0.15, -0.1) is 0 Å². The van der Waals surface area contributed by atoms with Crippen LogP contribution in [0.4, 0.5) is 5.82 Å². The van der Waals surface area contributed by atoms with Gasteiger partial charge < -0.3 is 10.6 Å². The molecule has 0 saturated carbocycles. The molecule has 1 fully saturated rings. The van der Waals surface area contributed by atoms with E-state index in [-0.39, 0.29) is 0 Å². The third-order valence-electron chi connectivity index (χ3n) is 2.34. The minimum absolute atomic E-state index is 0.295. The monoisotopic (exact) mass is 212 g/mol. The maximum Gasteiger partial charge on any atom is 0.224 e. The lowest BCUT2D eigenvalue weighted by Gasteiger charge is -2.13. The highest BCUT2D eigenvalue weighted by Crippen LogP contribution is 2.15. The number of hydrogen-bond donors (Lipinski definition) is 2. The van der Waals surface area contributed by atoms with E-state index >= 15 is 0 Å². The van der Waals surface area contributed by atoms with Gasteiger partial charge in [0.25, 0.3) is 0 Å². The van der Waals surface area contributed by atoms with Gasteiger partial charge in [-0.1, -0.05) is 0 Å². The second-order valence-electron chi connectivity index (χ2n) is 3.50. The van der Waals surface area contributed by atoms with Crippen molar-refractivity contribution in [3.05, 3.63) is 17.0 Å². The predicted molar refractivity (Wildman–Crippen MR) is 56.7 cm³/mol. The van der Waals surface area contributed by atoms with Crippen LogP contribution in [-0.4, -0.2) is 29.1 Å². The number of aromatic nitrogens is 2. The van der Waals surface area contributed by atoms with E-state index in [2.05, 4.69) is 20.6 Å². The van der Waals surface area contributed by atoms with Gasteiger partial charge in [-0.3, -0.25) is 0 Å². The van der Waals surface area contributed by atoms with Gasteiger partial charge in [0.05, 0.1) is 0 Å². The summed E-state index contributed by atoms with van der Waals surface area (Å²) >= 11 is 5.72. The molecule has 1 saturated heterocycles. The lowest BCUT2D eigenvalue weighted by atomic mass is 10.2. The Morgan fingerprint density at radius 2 is 2.50 bits per heavy atom. The number of halogens is 1. The maximum atomic E-state index is 5.72. The number of rotatable bonds is 2. The fourth-order valence-electron chi connectivity index (χ4n) is 1.54. The highest BCUT2D eigenvalue weighted by molar-refractivity contribution is 6.28. The van der Waals surface area contributed by atoms with E-state index in [1.165, 1.54) is 0 Å². The molecule has 5 heteroatoms. The van der Waals surface area contributed by atoms with Crippen LogP contribution in [0, 0.1) is 6.92 Å². The first-order valence-corrected chi connectivity index (χ1v) is 5.10. The van der Waals surface area contributed by atoms with Crippen molar-refractivity contribution < 1.29 is 0 Å². The quantitative estimate of drug-likeness (QED) is 0.724. The molecule has 1 aliphatic rings. The average Bonchev–Trinajstić information content (AvgIpc) is 2.64. The molecule has 14 heavy (non-hydrogen) atoms. The molecular formula is C9H13ClN4. The summed E-state index contributed by atoms with van der Waals surface area (Å²) in [4.78, 5) is 8.06. The van der Waals surface area contributed by atoms with Gasteiger partial charge in [0.1, 0.15) is 5.82 Å². The van der Waals surface area contributed by atoms with Crippen LogP contribution < -0.4 is 10.6 Å². The molecule has 0 amide bonds. The second kappa shape index (κ2) is 4.11. The topological polar surface area (TPSA) is 49.8 Å². The predicted octanol–water partition coefficient (Wildman–Crippen LogP) is 1.21. The zero-order valence-electron chi connectivity index (χ0n) is 8.05. The maximum absolute atomic E-state index is 5.72. The van der Waals surface area contributed by atoms with Crippen LogP contribution in [0.15, 0.2) is 6.20 Å². The van der Waals surface area contributed by atoms with Crippen molar-refractivity contribution in [1.82, 2.24) is 15.3 Å². The molecule has 1 aromatic heterocycles. The number of hydrogen-bond acceptors (Lipinski definition) is 4. The third kappa shape index (κ3) is 2.13. The van der Waals surface area contributed by atoms with E-state index in [0.29, 0.717) is 11.3 Å². The summed E-state index contributed by atoms with van der Waals surface area (Å²) in [5, 5.41) is 6.94. The Morgan fingerprint density at radius 1 is 1.64 bits per heavy atom. The number of nitrogens with one attached hydrogen (secondary N) is 2. The average molecular weight is 213 g/mol. The second-order valence-corrected chi connectivity index (χ2v) is 3.84. The lowest BCUT2D eigenvalue weighted by Crippen LogP contribution is -2.23. The third-order valence-corrected chi connectivity index (χ3v) is 2.53. The minimum atomic E-state index is 0.295. The Kier molecular flexibility index (Phi) is 2.84. The van der Waals surface area contributed by atoms with Crippen molar-refractivity contribution >= 4 is 17.4 Å². The molecule has 0 radical (unpaired) electrons. The van der Waals surface area contributed by atoms with Crippen LogP contribution in [0.25, 0.3) is 0 Å². The molecular weight excluding hydrogens is 200 g/mol. The molecule has 1 atom stereocenters. The Morgan fingerprint density at radius 3 is 3.21 bits per heavy atom. The van der Waals surface area contributed by atoms with Gasteiger partial charge >= 0.3 is 0 Å². The van der Waals surface area contributed by atoms with E-state index in [9.17, 15) is 0 Å². The highest BCUT2D eigenvalue weighted by atomic mass is 35.5. The van der Waals surface area contributed by atoms with E-state index in [1.54, 1.807) is 6.20 Å². The van der Waals surface area contributed by atoms with Gasteiger partial charge in [0.15, 0.2) is 0 Å². The van der Waals surface area contributed by atoms with Crippen molar-refractivity contribution in [3.63, 3.8) is 0 Å². The van der Waals surface area contributed by atoms with Crippen LogP contribution in [0.1, 0.15) is 12.0 Å². The molecule has 1 unspecified atom stereocenters. The van der Waals surface area contributed by atoms with Gasteiger partial charge in [-0.05, 0) is 31.5 Å². The van der Waals surface area contributed by atoms with Crippen molar-refractivity contribution in [2.75, 3.05) is 18.4 Å². The normalized spacial score (nSPS) is 21.1.